The maximum atomic E-state index is 16.2. The molecule has 0 amide bonds. The second kappa shape index (κ2) is 48.1. The Labute approximate surface area is 450 Å². The van der Waals surface area contributed by atoms with Crippen molar-refractivity contribution in [3.8, 4) is 0 Å². The second-order valence-corrected chi connectivity index (χ2v) is 37.5. The van der Waals surface area contributed by atoms with Crippen LogP contribution in [0.3, 0.4) is 0 Å². The Kier molecular flexibility index (Phi) is 48.8. The zero-order valence-corrected chi connectivity index (χ0v) is 53.3. The summed E-state index contributed by atoms with van der Waals surface area (Å²) < 4.78 is 31.8. The van der Waals surface area contributed by atoms with Gasteiger partial charge in [-0.3, -0.25) is 0 Å². The average molecular weight is 1060 g/mol. The molecule has 4 nitrogen and oxygen atoms in total. The summed E-state index contributed by atoms with van der Waals surface area (Å²) in [6.45, 7) is 12.2. The summed E-state index contributed by atoms with van der Waals surface area (Å²) in [7, 11) is -4.45. The minimum atomic E-state index is -4.45. The smallest absolute Gasteiger partial charge is 0.0654 e. The number of rotatable bonds is 60. The van der Waals surface area contributed by atoms with Crippen molar-refractivity contribution >= 4 is 21.5 Å². The average Bonchev–Trinajstić information content (AvgIpc) is 3.35. The quantitative estimate of drug-likeness (QED) is 0.0487. The Hall–Kier alpha value is 0.970. The summed E-state index contributed by atoms with van der Waals surface area (Å²) in [5.74, 6) is 0. The summed E-state index contributed by atoms with van der Waals surface area (Å²) in [4.78, 5) is 13.3. The van der Waals surface area contributed by atoms with Crippen molar-refractivity contribution in [2.45, 2.75) is 364 Å². The van der Waals surface area contributed by atoms with Gasteiger partial charge in [0.25, 0.3) is 0 Å². The Morgan fingerprint density at radius 1 is 0.225 bits per heavy atom. The Morgan fingerprint density at radius 2 is 0.338 bits per heavy atom. The minimum Gasteiger partial charge on any atom is -0.0654 e. The van der Waals surface area contributed by atoms with Gasteiger partial charge in [-0.15, -0.1) is 0 Å². The summed E-state index contributed by atoms with van der Waals surface area (Å²) in [5.41, 5.74) is 0. The molecule has 0 aliphatic carbocycles. The van der Waals surface area contributed by atoms with Crippen LogP contribution in [0.15, 0.2) is 0 Å². The fraction of sp³-hybridized carbons (Fsp3) is 1.00. The van der Waals surface area contributed by atoms with Gasteiger partial charge in [-0.2, -0.15) is 0 Å². The Bertz CT molecular complexity index is 1010. The zero-order chi connectivity index (χ0) is 52.4. The van der Waals surface area contributed by atoms with Crippen LogP contribution in [-0.2, 0) is 13.2 Å². The van der Waals surface area contributed by atoms with Crippen LogP contribution in [0.2, 0.25) is 0 Å². The molecule has 0 aromatic rings. The van der Waals surface area contributed by atoms with Gasteiger partial charge >= 0.3 is 426 Å². The molecule has 1 N–H and O–H groups in total. The van der Waals surface area contributed by atoms with Crippen molar-refractivity contribution in [3.63, 3.8) is 0 Å². The van der Waals surface area contributed by atoms with E-state index < -0.39 is 21.5 Å². The molecule has 7 heteroatoms. The molecule has 0 saturated heterocycles. The van der Waals surface area contributed by atoms with Crippen molar-refractivity contribution in [2.24, 2.45) is 0 Å². The first-order valence-corrected chi connectivity index (χ1v) is 40.6. The van der Waals surface area contributed by atoms with Gasteiger partial charge in [0.05, 0.1) is 0 Å². The molecule has 0 fully saturated rings. The van der Waals surface area contributed by atoms with E-state index in [-0.39, 0.29) is 0 Å². The topological polar surface area (TPSA) is 55.8 Å². The van der Waals surface area contributed by atoms with Gasteiger partial charge in [0.15, 0.2) is 0 Å². The molecule has 0 saturated carbocycles. The van der Waals surface area contributed by atoms with Gasteiger partial charge in [-0.05, 0) is 0 Å². The molecule has 0 aromatic carbocycles. The third kappa shape index (κ3) is 37.4. The first-order chi connectivity index (χ1) is 34.5. The van der Waals surface area contributed by atoms with Crippen LogP contribution in [-0.4, -0.2) is 54.2 Å². The monoisotopic (exact) mass is 1060 g/mol. The summed E-state index contributed by atoms with van der Waals surface area (Å²) in [6.07, 6.45) is 69.3. The number of unbranched alkanes of at least 4 members (excludes halogenated alkanes) is 40. The summed E-state index contributed by atoms with van der Waals surface area (Å²) in [5, 5.41) is 0. The fourth-order valence-corrected chi connectivity index (χ4v) is 31.1. The molecule has 0 rings (SSSR count). The molecule has 0 unspecified atom stereocenters. The zero-order valence-electron chi connectivity index (χ0n) is 50.6. The van der Waals surface area contributed by atoms with Crippen LogP contribution < -0.4 is 0 Å². The van der Waals surface area contributed by atoms with E-state index >= 15 is 4.57 Å². The van der Waals surface area contributed by atoms with E-state index in [9.17, 15) is 4.89 Å². The molecule has 0 spiro atoms. The molecule has 432 valence electrons. The van der Waals surface area contributed by atoms with E-state index in [1.807, 2.05) is 0 Å². The first-order valence-electron chi connectivity index (χ1n) is 33.3. The van der Waals surface area contributed by atoms with E-state index in [0.29, 0.717) is 0 Å². The first kappa shape index (κ1) is 72.0. The van der Waals surface area contributed by atoms with Gasteiger partial charge in [0, 0.05) is 0 Å². The maximum absolute atomic E-state index is 16.2. The van der Waals surface area contributed by atoms with Crippen molar-refractivity contribution in [2.75, 3.05) is 49.3 Å². The Balaban J connectivity index is 7.29. The standard InChI is InChI=1S/C64H137O4P3/c1-9-17-25-33-35-37-39-41-43-45-47-55-63-70(57-49-27-19-11-3,58-50-28-20-12-4,59-51-29-21-13-5)67-69(65,66)68-71(60-52-30-22-14-6,61-53-31-23-15-7,62-54-32-24-16-8)64-56-48-46-44-42-40-38-36-34-26-18-10-2/h9-64H2,1-8H3,(H,65,66). The molecule has 0 heterocycles. The molecule has 0 atom stereocenters. The number of hydrogen-bond acceptors (Lipinski definition) is 3. The van der Waals surface area contributed by atoms with Crippen LogP contribution in [0, 0.1) is 0 Å². The van der Waals surface area contributed by atoms with Crippen molar-refractivity contribution in [1.82, 2.24) is 0 Å². The molecule has 71 heavy (non-hydrogen) atoms. The SMILES string of the molecule is CCCCCCCCCCCCCCP(CCCCCC)(CCCCCC)(CCCCCC)OP(=O)(O)OP(CCCCCC)(CCCCCC)(CCCCCC)CCCCCCCCCCCCCC. The number of hydrogen-bond donors (Lipinski definition) is 1. The predicted octanol–water partition coefficient (Wildman–Crippen LogP) is 24.9. The van der Waals surface area contributed by atoms with E-state index in [4.69, 9.17) is 8.62 Å². The van der Waals surface area contributed by atoms with E-state index in [0.717, 1.165) is 101 Å². The Morgan fingerprint density at radius 3 is 0.479 bits per heavy atom. The van der Waals surface area contributed by atoms with Crippen molar-refractivity contribution in [1.29, 1.82) is 0 Å². The third-order valence-electron chi connectivity index (χ3n) is 17.3. The van der Waals surface area contributed by atoms with Gasteiger partial charge in [0.1, 0.15) is 0 Å². The van der Waals surface area contributed by atoms with E-state index in [1.165, 1.54) is 257 Å². The van der Waals surface area contributed by atoms with Gasteiger partial charge < -0.3 is 0 Å². The van der Waals surface area contributed by atoms with Crippen molar-refractivity contribution < 1.29 is 18.1 Å². The van der Waals surface area contributed by atoms with Gasteiger partial charge in [-0.25, -0.2) is 0 Å². The molecule has 0 aliphatic rings. The van der Waals surface area contributed by atoms with Crippen LogP contribution in [0.4, 0.5) is 0 Å². The van der Waals surface area contributed by atoms with Crippen LogP contribution in [0.5, 0.6) is 0 Å². The van der Waals surface area contributed by atoms with Gasteiger partial charge in [0.2, 0.25) is 0 Å². The van der Waals surface area contributed by atoms with Crippen LogP contribution in [0.1, 0.15) is 364 Å². The molecule has 0 aliphatic heterocycles. The molecule has 0 bridgehead atoms. The second-order valence-electron chi connectivity index (χ2n) is 24.3. The third-order valence-corrected chi connectivity index (χ3v) is 34.2. The van der Waals surface area contributed by atoms with E-state index in [2.05, 4.69) is 55.4 Å². The fourth-order valence-electron chi connectivity index (χ4n) is 12.6. The minimum absolute atomic E-state index is 1.04. The van der Waals surface area contributed by atoms with E-state index in [1.54, 1.807) is 0 Å². The predicted molar refractivity (Wildman–Crippen MR) is 332 cm³/mol. The molecular formula is C64H137O4P3. The normalized spacial score (nSPS) is 14.4. The van der Waals surface area contributed by atoms with Gasteiger partial charge in [-0.1, -0.05) is 26.7 Å². The molecular weight excluding hydrogens is 926 g/mol. The van der Waals surface area contributed by atoms with Crippen LogP contribution in [0.25, 0.3) is 0 Å². The number of phosphoric acid groups is 1. The summed E-state index contributed by atoms with van der Waals surface area (Å²) >= 11 is 0. The molecule has 0 aromatic heterocycles. The van der Waals surface area contributed by atoms with Crippen molar-refractivity contribution in [3.05, 3.63) is 0 Å². The molecule has 0 radical (unpaired) electrons. The van der Waals surface area contributed by atoms with Crippen LogP contribution >= 0.6 is 21.5 Å². The summed E-state index contributed by atoms with van der Waals surface area (Å²) in [6, 6.07) is 0.